The van der Waals surface area contributed by atoms with Crippen LogP contribution >= 0.6 is 0 Å². The minimum Gasteiger partial charge on any atom is -0.449 e. The number of hydrogen-bond donors (Lipinski definition) is 2. The number of nitrogen functional groups attached to an aromatic ring is 1. The maximum atomic E-state index is 11.9. The monoisotopic (exact) mass is 250 g/mol. The highest BCUT2D eigenvalue weighted by Gasteiger charge is 2.19. The second kappa shape index (κ2) is 5.53. The topological polar surface area (TPSA) is 81.4 Å². The molecule has 1 amide bonds. The minimum absolute atomic E-state index is 0.346. The summed E-state index contributed by atoms with van der Waals surface area (Å²) in [5, 5.41) is 2.42. The van der Waals surface area contributed by atoms with Crippen LogP contribution in [-0.2, 0) is 9.53 Å². The molecule has 0 fully saturated rings. The normalized spacial score (nSPS) is 11.8. The van der Waals surface area contributed by atoms with Gasteiger partial charge in [0, 0.05) is 12.7 Å². The summed E-state index contributed by atoms with van der Waals surface area (Å²) in [6, 6.07) is 3.39. The lowest BCUT2D eigenvalue weighted by Gasteiger charge is -2.13. The lowest BCUT2D eigenvalue weighted by atomic mass is 10.0. The van der Waals surface area contributed by atoms with Crippen molar-refractivity contribution in [2.75, 3.05) is 12.8 Å². The number of carbonyl (C=O) groups is 2. The average molecular weight is 250 g/mol. The van der Waals surface area contributed by atoms with Crippen LogP contribution in [0.3, 0.4) is 0 Å². The minimum atomic E-state index is -0.829. The first-order chi connectivity index (χ1) is 8.36. The molecule has 0 radical (unpaired) electrons. The van der Waals surface area contributed by atoms with E-state index in [0.29, 0.717) is 11.3 Å². The lowest BCUT2D eigenvalue weighted by molar-refractivity contribution is -0.128. The van der Waals surface area contributed by atoms with Crippen molar-refractivity contribution >= 4 is 17.6 Å². The molecule has 0 spiro atoms. The largest absolute Gasteiger partial charge is 0.449 e. The van der Waals surface area contributed by atoms with Crippen molar-refractivity contribution in [1.29, 1.82) is 0 Å². The molecule has 5 nitrogen and oxygen atoms in total. The van der Waals surface area contributed by atoms with Gasteiger partial charge in [-0.3, -0.25) is 4.79 Å². The Labute approximate surface area is 106 Å². The van der Waals surface area contributed by atoms with Gasteiger partial charge >= 0.3 is 5.97 Å². The SMILES string of the molecule is CNC(=O)C(C)OC(=O)c1cc(N)c(C)cc1C. The Morgan fingerprint density at radius 1 is 1.28 bits per heavy atom. The van der Waals surface area contributed by atoms with Gasteiger partial charge in [0.05, 0.1) is 5.56 Å². The molecular formula is C13H18N2O3. The van der Waals surface area contributed by atoms with Crippen molar-refractivity contribution in [3.8, 4) is 0 Å². The molecule has 0 aromatic heterocycles. The summed E-state index contributed by atoms with van der Waals surface area (Å²) in [6.45, 7) is 5.18. The van der Waals surface area contributed by atoms with Crippen LogP contribution in [0, 0.1) is 13.8 Å². The van der Waals surface area contributed by atoms with Gasteiger partial charge in [0.15, 0.2) is 6.10 Å². The van der Waals surface area contributed by atoms with Gasteiger partial charge in [0.25, 0.3) is 5.91 Å². The van der Waals surface area contributed by atoms with Gasteiger partial charge in [0.2, 0.25) is 0 Å². The molecule has 0 heterocycles. The second-order valence-corrected chi connectivity index (χ2v) is 4.19. The molecule has 1 rings (SSSR count). The Balaban J connectivity index is 2.91. The molecule has 3 N–H and O–H groups in total. The van der Waals surface area contributed by atoms with Gasteiger partial charge in [-0.05, 0) is 38.0 Å². The number of rotatable bonds is 3. The van der Waals surface area contributed by atoms with Gasteiger partial charge < -0.3 is 15.8 Å². The summed E-state index contributed by atoms with van der Waals surface area (Å²) in [4.78, 5) is 23.2. The zero-order chi connectivity index (χ0) is 13.9. The van der Waals surface area contributed by atoms with Crippen LogP contribution in [0.25, 0.3) is 0 Å². The Hall–Kier alpha value is -2.04. The third kappa shape index (κ3) is 3.00. The number of ether oxygens (including phenoxy) is 1. The van der Waals surface area contributed by atoms with Crippen LogP contribution in [0.15, 0.2) is 12.1 Å². The summed E-state index contributed by atoms with van der Waals surface area (Å²) in [5.41, 5.74) is 8.35. The Morgan fingerprint density at radius 2 is 1.89 bits per heavy atom. The highest BCUT2D eigenvalue weighted by molar-refractivity contribution is 5.94. The summed E-state index contributed by atoms with van der Waals surface area (Å²) >= 11 is 0. The standard InChI is InChI=1S/C13H18N2O3/c1-7-5-8(2)11(14)6-10(7)13(17)18-9(3)12(16)15-4/h5-6,9H,14H2,1-4H3,(H,15,16). The van der Waals surface area contributed by atoms with E-state index in [0.717, 1.165) is 11.1 Å². The average Bonchev–Trinajstić information content (AvgIpc) is 2.32. The smallest absolute Gasteiger partial charge is 0.339 e. The first kappa shape index (κ1) is 14.0. The number of carbonyl (C=O) groups excluding carboxylic acids is 2. The Bertz CT molecular complexity index is 483. The second-order valence-electron chi connectivity index (χ2n) is 4.19. The van der Waals surface area contributed by atoms with Crippen molar-refractivity contribution in [3.63, 3.8) is 0 Å². The van der Waals surface area contributed by atoms with E-state index in [-0.39, 0.29) is 5.91 Å². The third-order valence-electron chi connectivity index (χ3n) is 2.73. The van der Waals surface area contributed by atoms with E-state index in [1.54, 1.807) is 13.0 Å². The van der Waals surface area contributed by atoms with Crippen LogP contribution < -0.4 is 11.1 Å². The van der Waals surface area contributed by atoms with Gasteiger partial charge in [-0.25, -0.2) is 4.79 Å². The van der Waals surface area contributed by atoms with E-state index in [2.05, 4.69) is 5.32 Å². The number of nitrogens with two attached hydrogens (primary N) is 1. The molecule has 0 aliphatic carbocycles. The summed E-state index contributed by atoms with van der Waals surface area (Å²) < 4.78 is 5.06. The molecule has 0 saturated carbocycles. The fourth-order valence-corrected chi connectivity index (χ4v) is 1.57. The third-order valence-corrected chi connectivity index (χ3v) is 2.73. The predicted molar refractivity (Wildman–Crippen MR) is 69.3 cm³/mol. The van der Waals surface area contributed by atoms with Crippen LogP contribution in [0.1, 0.15) is 28.4 Å². The van der Waals surface area contributed by atoms with E-state index in [4.69, 9.17) is 10.5 Å². The molecule has 98 valence electrons. The molecule has 1 atom stereocenters. The zero-order valence-electron chi connectivity index (χ0n) is 11.0. The maximum Gasteiger partial charge on any atom is 0.339 e. The van der Waals surface area contributed by atoms with E-state index < -0.39 is 12.1 Å². The predicted octanol–water partition coefficient (Wildman–Crippen LogP) is 1.18. The highest BCUT2D eigenvalue weighted by Crippen LogP contribution is 2.19. The van der Waals surface area contributed by atoms with E-state index >= 15 is 0 Å². The lowest BCUT2D eigenvalue weighted by Crippen LogP contribution is -2.33. The Kier molecular flexibility index (Phi) is 4.31. The van der Waals surface area contributed by atoms with Gasteiger partial charge in [-0.2, -0.15) is 0 Å². The van der Waals surface area contributed by atoms with Crippen molar-refractivity contribution in [2.24, 2.45) is 0 Å². The quantitative estimate of drug-likeness (QED) is 0.623. The number of esters is 1. The molecule has 1 aromatic carbocycles. The van der Waals surface area contributed by atoms with E-state index in [9.17, 15) is 9.59 Å². The van der Waals surface area contributed by atoms with E-state index in [1.165, 1.54) is 14.0 Å². The van der Waals surface area contributed by atoms with Crippen LogP contribution in [-0.4, -0.2) is 25.0 Å². The fraction of sp³-hybridized carbons (Fsp3) is 0.385. The first-order valence-electron chi connectivity index (χ1n) is 5.66. The number of anilines is 1. The molecule has 1 aromatic rings. The summed E-state index contributed by atoms with van der Waals surface area (Å²) in [7, 11) is 1.49. The number of nitrogens with one attached hydrogen (secondary N) is 1. The van der Waals surface area contributed by atoms with Crippen molar-refractivity contribution in [3.05, 3.63) is 28.8 Å². The van der Waals surface area contributed by atoms with Crippen molar-refractivity contribution in [2.45, 2.75) is 26.9 Å². The fourth-order valence-electron chi connectivity index (χ4n) is 1.57. The number of benzene rings is 1. The van der Waals surface area contributed by atoms with Crippen LogP contribution in [0.5, 0.6) is 0 Å². The van der Waals surface area contributed by atoms with Gasteiger partial charge in [-0.1, -0.05) is 6.07 Å². The van der Waals surface area contributed by atoms with Crippen molar-refractivity contribution < 1.29 is 14.3 Å². The first-order valence-corrected chi connectivity index (χ1v) is 5.66. The maximum absolute atomic E-state index is 11.9. The summed E-state index contributed by atoms with van der Waals surface area (Å²) in [5.74, 6) is -0.892. The molecule has 0 aliphatic heterocycles. The van der Waals surface area contributed by atoms with Crippen molar-refractivity contribution in [1.82, 2.24) is 5.32 Å². The molecule has 1 unspecified atom stereocenters. The molecule has 18 heavy (non-hydrogen) atoms. The molecule has 5 heteroatoms. The van der Waals surface area contributed by atoms with Gasteiger partial charge in [-0.15, -0.1) is 0 Å². The number of aryl methyl sites for hydroxylation is 2. The zero-order valence-corrected chi connectivity index (χ0v) is 11.0. The van der Waals surface area contributed by atoms with Crippen LogP contribution in [0.4, 0.5) is 5.69 Å². The number of likely N-dealkylation sites (N-methyl/N-ethyl adjacent to an activating group) is 1. The number of hydrogen-bond acceptors (Lipinski definition) is 4. The number of amides is 1. The van der Waals surface area contributed by atoms with Crippen LogP contribution in [0.2, 0.25) is 0 Å². The summed E-state index contributed by atoms with van der Waals surface area (Å²) in [6.07, 6.45) is -0.829. The van der Waals surface area contributed by atoms with Gasteiger partial charge in [0.1, 0.15) is 0 Å². The highest BCUT2D eigenvalue weighted by atomic mass is 16.5. The molecule has 0 bridgehead atoms. The molecular weight excluding hydrogens is 232 g/mol. The van der Waals surface area contributed by atoms with E-state index in [1.807, 2.05) is 13.0 Å². The molecule has 0 aliphatic rings. The molecule has 0 saturated heterocycles. The Morgan fingerprint density at radius 3 is 2.44 bits per heavy atom.